The molecule has 0 radical (unpaired) electrons. The zero-order valence-corrected chi connectivity index (χ0v) is 13.9. The van der Waals surface area contributed by atoms with E-state index in [1.807, 2.05) is 24.3 Å². The van der Waals surface area contributed by atoms with Gasteiger partial charge in [-0.3, -0.25) is 20.0 Å². The highest BCUT2D eigenvalue weighted by molar-refractivity contribution is 6.09. The van der Waals surface area contributed by atoms with E-state index in [0.29, 0.717) is 24.7 Å². The van der Waals surface area contributed by atoms with Crippen molar-refractivity contribution in [3.05, 3.63) is 45.8 Å². The zero-order valence-electron chi connectivity index (χ0n) is 13.9. The molecule has 8 nitrogen and oxygen atoms in total. The minimum Gasteiger partial charge on any atom is -0.365 e. The van der Waals surface area contributed by atoms with Crippen LogP contribution in [0.1, 0.15) is 35.9 Å². The average Bonchev–Trinajstić information content (AvgIpc) is 3.37. The second-order valence-electron chi connectivity index (χ2n) is 6.38. The first kappa shape index (κ1) is 15.6. The van der Waals surface area contributed by atoms with Gasteiger partial charge in [-0.25, -0.2) is 0 Å². The molecule has 0 spiro atoms. The topological polar surface area (TPSA) is 95.4 Å². The Balaban J connectivity index is 1.73. The number of hydrogen-bond acceptors (Lipinski definition) is 5. The Labute approximate surface area is 144 Å². The lowest BCUT2D eigenvalue weighted by molar-refractivity contribution is -0.385. The third kappa shape index (κ3) is 2.54. The lowest BCUT2D eigenvalue weighted by Gasteiger charge is -2.37. The van der Waals surface area contributed by atoms with E-state index in [9.17, 15) is 14.9 Å². The molecule has 2 aliphatic rings. The van der Waals surface area contributed by atoms with Crippen molar-refractivity contribution in [2.75, 3.05) is 22.9 Å². The van der Waals surface area contributed by atoms with E-state index < -0.39 is 10.8 Å². The summed E-state index contributed by atoms with van der Waals surface area (Å²) in [4.78, 5) is 27.9. The number of para-hydroxylation sites is 2. The van der Waals surface area contributed by atoms with Crippen molar-refractivity contribution in [2.24, 2.45) is 0 Å². The van der Waals surface area contributed by atoms with Crippen LogP contribution < -0.4 is 9.80 Å². The van der Waals surface area contributed by atoms with Gasteiger partial charge in [0.15, 0.2) is 0 Å². The van der Waals surface area contributed by atoms with Gasteiger partial charge < -0.3 is 9.80 Å². The molecular weight excluding hydrogens is 322 g/mol. The van der Waals surface area contributed by atoms with E-state index in [4.69, 9.17) is 0 Å². The molecule has 0 saturated heterocycles. The van der Waals surface area contributed by atoms with Crippen molar-refractivity contribution in [1.82, 2.24) is 10.2 Å². The Hall–Kier alpha value is -2.90. The number of H-pyrrole nitrogens is 1. The normalized spacial score (nSPS) is 16.7. The van der Waals surface area contributed by atoms with Gasteiger partial charge in [0.25, 0.3) is 5.91 Å². The van der Waals surface area contributed by atoms with E-state index in [0.717, 1.165) is 17.9 Å². The summed E-state index contributed by atoms with van der Waals surface area (Å²) in [6.45, 7) is 3.02. The number of amides is 1. The van der Waals surface area contributed by atoms with Crippen molar-refractivity contribution < 1.29 is 9.72 Å². The number of aryl methyl sites for hydroxylation is 1. The van der Waals surface area contributed by atoms with E-state index in [1.165, 1.54) is 12.8 Å². The van der Waals surface area contributed by atoms with Crippen LogP contribution in [-0.2, 0) is 6.42 Å². The molecule has 25 heavy (non-hydrogen) atoms. The lowest BCUT2D eigenvalue weighted by Crippen LogP contribution is -2.45. The Morgan fingerprint density at radius 3 is 2.68 bits per heavy atom. The van der Waals surface area contributed by atoms with Crippen molar-refractivity contribution in [2.45, 2.75) is 32.2 Å². The number of aromatic amines is 1. The maximum Gasteiger partial charge on any atom is 0.322 e. The molecule has 1 fully saturated rings. The van der Waals surface area contributed by atoms with Gasteiger partial charge in [-0.2, -0.15) is 5.10 Å². The first-order valence-electron chi connectivity index (χ1n) is 8.51. The number of benzene rings is 1. The number of rotatable bonds is 4. The standard InChI is InChI=1S/C17H19N5O3/c1-2-12-16(22(24)25)15(19-18-12)17(23)21-10-9-20(11-7-8-11)13-5-3-4-6-14(13)21/h3-6,11H,2,7-10H2,1H3,(H,18,19). The third-order valence-electron chi connectivity index (χ3n) is 4.83. The molecule has 1 aliphatic heterocycles. The largest absolute Gasteiger partial charge is 0.365 e. The lowest BCUT2D eigenvalue weighted by atomic mass is 10.1. The number of fused-ring (bicyclic) bond motifs is 1. The smallest absolute Gasteiger partial charge is 0.322 e. The molecule has 4 rings (SSSR count). The van der Waals surface area contributed by atoms with Crippen LogP contribution in [0.3, 0.4) is 0 Å². The van der Waals surface area contributed by atoms with Gasteiger partial charge >= 0.3 is 5.69 Å². The summed E-state index contributed by atoms with van der Waals surface area (Å²) in [6, 6.07) is 8.27. The Bertz CT molecular complexity index is 843. The third-order valence-corrected chi connectivity index (χ3v) is 4.83. The van der Waals surface area contributed by atoms with Crippen LogP contribution in [0.25, 0.3) is 0 Å². The second kappa shape index (κ2) is 5.87. The molecule has 2 heterocycles. The molecule has 1 amide bonds. The summed E-state index contributed by atoms with van der Waals surface area (Å²) < 4.78 is 0. The van der Waals surface area contributed by atoms with Crippen LogP contribution in [-0.4, -0.2) is 40.2 Å². The summed E-state index contributed by atoms with van der Waals surface area (Å²) in [7, 11) is 0. The maximum atomic E-state index is 13.0. The quantitative estimate of drug-likeness (QED) is 0.681. The zero-order chi connectivity index (χ0) is 17.6. The van der Waals surface area contributed by atoms with Crippen LogP contribution in [0.5, 0.6) is 0 Å². The van der Waals surface area contributed by atoms with E-state index >= 15 is 0 Å². The number of nitro groups is 1. The van der Waals surface area contributed by atoms with Crippen LogP contribution in [0.4, 0.5) is 17.1 Å². The number of anilines is 2. The molecule has 1 N–H and O–H groups in total. The highest BCUT2D eigenvalue weighted by atomic mass is 16.6. The molecule has 1 aromatic carbocycles. The van der Waals surface area contributed by atoms with Gasteiger partial charge in [0.05, 0.1) is 16.3 Å². The molecule has 1 aromatic heterocycles. The first-order chi connectivity index (χ1) is 12.1. The molecular formula is C17H19N5O3. The van der Waals surface area contributed by atoms with Crippen molar-refractivity contribution in [3.8, 4) is 0 Å². The van der Waals surface area contributed by atoms with Crippen LogP contribution in [0.15, 0.2) is 24.3 Å². The van der Waals surface area contributed by atoms with Crippen molar-refractivity contribution in [1.29, 1.82) is 0 Å². The molecule has 1 aliphatic carbocycles. The molecule has 8 heteroatoms. The molecule has 1 saturated carbocycles. The Morgan fingerprint density at radius 1 is 1.32 bits per heavy atom. The number of carbonyl (C=O) groups excluding carboxylic acids is 1. The SMILES string of the molecule is CCc1[nH]nc(C(=O)N2CCN(C3CC3)c3ccccc32)c1[N+](=O)[O-]. The Morgan fingerprint density at radius 2 is 2.04 bits per heavy atom. The summed E-state index contributed by atoms with van der Waals surface area (Å²) >= 11 is 0. The Kier molecular flexibility index (Phi) is 3.67. The second-order valence-corrected chi connectivity index (χ2v) is 6.38. The minimum atomic E-state index is -0.526. The number of carbonyl (C=O) groups is 1. The number of nitrogens with zero attached hydrogens (tertiary/aromatic N) is 4. The maximum absolute atomic E-state index is 13.0. The molecule has 0 bridgehead atoms. The summed E-state index contributed by atoms with van der Waals surface area (Å²) in [5.41, 5.74) is 1.85. The van der Waals surface area contributed by atoms with Crippen molar-refractivity contribution >= 4 is 23.0 Å². The van der Waals surface area contributed by atoms with Gasteiger partial charge in [0, 0.05) is 19.1 Å². The van der Waals surface area contributed by atoms with Crippen LogP contribution >= 0.6 is 0 Å². The average molecular weight is 341 g/mol. The summed E-state index contributed by atoms with van der Waals surface area (Å²) in [5.74, 6) is -0.425. The predicted octanol–water partition coefficient (Wildman–Crippen LogP) is 2.51. The molecule has 130 valence electrons. The van der Waals surface area contributed by atoms with Crippen molar-refractivity contribution in [3.63, 3.8) is 0 Å². The minimum absolute atomic E-state index is 0.114. The van der Waals surface area contributed by atoms with Gasteiger partial charge in [-0.15, -0.1) is 0 Å². The molecule has 2 aromatic rings. The fourth-order valence-electron chi connectivity index (χ4n) is 3.45. The van der Waals surface area contributed by atoms with Gasteiger partial charge in [0.1, 0.15) is 5.69 Å². The first-order valence-corrected chi connectivity index (χ1v) is 8.51. The number of nitrogens with one attached hydrogen (secondary N) is 1. The fourth-order valence-corrected chi connectivity index (χ4v) is 3.45. The van der Waals surface area contributed by atoms with Crippen LogP contribution in [0.2, 0.25) is 0 Å². The van der Waals surface area contributed by atoms with E-state index in [2.05, 4.69) is 15.1 Å². The van der Waals surface area contributed by atoms with Gasteiger partial charge in [-0.05, 0) is 31.4 Å². The van der Waals surface area contributed by atoms with Gasteiger partial charge in [0.2, 0.25) is 5.69 Å². The predicted molar refractivity (Wildman–Crippen MR) is 93.1 cm³/mol. The molecule has 0 unspecified atom stereocenters. The monoisotopic (exact) mass is 341 g/mol. The highest BCUT2D eigenvalue weighted by Gasteiger charge is 2.38. The van der Waals surface area contributed by atoms with E-state index in [1.54, 1.807) is 11.8 Å². The highest BCUT2D eigenvalue weighted by Crippen LogP contribution is 2.40. The molecule has 0 atom stereocenters. The van der Waals surface area contributed by atoms with Crippen LogP contribution in [0, 0.1) is 10.1 Å². The van der Waals surface area contributed by atoms with E-state index in [-0.39, 0.29) is 11.4 Å². The summed E-state index contributed by atoms with van der Waals surface area (Å²) in [5, 5.41) is 18.0. The number of aromatic nitrogens is 2. The number of hydrogen-bond donors (Lipinski definition) is 1. The fraction of sp³-hybridized carbons (Fsp3) is 0.412. The summed E-state index contributed by atoms with van der Waals surface area (Å²) in [6.07, 6.45) is 2.77. The van der Waals surface area contributed by atoms with Gasteiger partial charge in [-0.1, -0.05) is 19.1 Å².